The number of hydrogen-bond donors (Lipinski definition) is 3. The third-order valence-corrected chi connectivity index (χ3v) is 4.46. The normalized spacial score (nSPS) is 25.6. The minimum absolute atomic E-state index is 0.0569. The van der Waals surface area contributed by atoms with Crippen LogP contribution in [0, 0.1) is 0 Å². The van der Waals surface area contributed by atoms with E-state index in [9.17, 15) is 15.3 Å². The average Bonchev–Trinajstić information content (AvgIpc) is 2.91. The van der Waals surface area contributed by atoms with Crippen molar-refractivity contribution in [3.8, 4) is 0 Å². The van der Waals surface area contributed by atoms with E-state index in [-0.39, 0.29) is 13.2 Å². The first-order valence-electron chi connectivity index (χ1n) is 9.55. The van der Waals surface area contributed by atoms with Crippen LogP contribution in [0.5, 0.6) is 0 Å². The Kier molecular flexibility index (Phi) is 12.4. The van der Waals surface area contributed by atoms with Crippen LogP contribution in [-0.2, 0) is 9.47 Å². The van der Waals surface area contributed by atoms with Gasteiger partial charge in [-0.15, -0.1) is 0 Å². The summed E-state index contributed by atoms with van der Waals surface area (Å²) in [6.45, 7) is 2.84. The van der Waals surface area contributed by atoms with Crippen molar-refractivity contribution in [2.24, 2.45) is 0 Å². The molecule has 0 spiro atoms. The number of allylic oxidation sites excluding steroid dienone is 1. The molecule has 1 heterocycles. The molecule has 1 fully saturated rings. The van der Waals surface area contributed by atoms with Crippen LogP contribution in [0.1, 0.15) is 64.7 Å². The number of aliphatic hydroxyl groups excluding tert-OH is 3. The molecular weight excluding hydrogens is 308 g/mol. The summed E-state index contributed by atoms with van der Waals surface area (Å²) in [5, 5.41) is 28.9. The number of ether oxygens (including phenoxy) is 2. The highest BCUT2D eigenvalue weighted by atomic mass is 16.5. The zero-order chi connectivity index (χ0) is 17.6. The molecule has 0 aliphatic carbocycles. The van der Waals surface area contributed by atoms with Gasteiger partial charge in [0.05, 0.1) is 19.8 Å². The van der Waals surface area contributed by atoms with Crippen LogP contribution in [-0.4, -0.2) is 59.6 Å². The Morgan fingerprint density at radius 2 is 1.71 bits per heavy atom. The molecule has 0 aromatic heterocycles. The summed E-state index contributed by atoms with van der Waals surface area (Å²) in [6.07, 6.45) is 12.1. The molecule has 0 amide bonds. The van der Waals surface area contributed by atoms with E-state index < -0.39 is 24.4 Å². The average molecular weight is 344 g/mol. The summed E-state index contributed by atoms with van der Waals surface area (Å²) in [7, 11) is 0. The fourth-order valence-corrected chi connectivity index (χ4v) is 2.90. The van der Waals surface area contributed by atoms with Crippen molar-refractivity contribution >= 4 is 0 Å². The maximum atomic E-state index is 9.87. The summed E-state index contributed by atoms with van der Waals surface area (Å²) < 4.78 is 10.5. The standard InChI is InChI=1S/C19H36O5/c1-2-3-4-5-6-7-8-9-10-11-12-13-23-14-17(21)19-18(22)16(20)15-24-19/h11-12,16-22H,2-10,13-15H2,1H3/b12-11+/t16-,17+,18+,19+/m1/s1. The smallest absolute Gasteiger partial charge is 0.114 e. The van der Waals surface area contributed by atoms with Crippen LogP contribution in [0.4, 0.5) is 0 Å². The van der Waals surface area contributed by atoms with Crippen LogP contribution in [0.3, 0.4) is 0 Å². The van der Waals surface area contributed by atoms with Crippen LogP contribution in [0.15, 0.2) is 12.2 Å². The first-order valence-corrected chi connectivity index (χ1v) is 9.55. The molecule has 5 heteroatoms. The quantitative estimate of drug-likeness (QED) is 0.333. The lowest BCUT2D eigenvalue weighted by atomic mass is 10.1. The van der Waals surface area contributed by atoms with E-state index >= 15 is 0 Å². The summed E-state index contributed by atoms with van der Waals surface area (Å²) in [5.41, 5.74) is 0. The van der Waals surface area contributed by atoms with E-state index in [0.29, 0.717) is 6.61 Å². The first-order chi connectivity index (χ1) is 11.7. The minimum atomic E-state index is -1.04. The van der Waals surface area contributed by atoms with Gasteiger partial charge in [0, 0.05) is 0 Å². The highest BCUT2D eigenvalue weighted by Gasteiger charge is 2.39. The molecule has 4 atom stereocenters. The number of unbranched alkanes of at least 4 members (excludes halogenated alkanes) is 8. The van der Waals surface area contributed by atoms with E-state index in [1.54, 1.807) is 0 Å². The second-order valence-electron chi connectivity index (χ2n) is 6.70. The Hall–Kier alpha value is -0.460. The third kappa shape index (κ3) is 9.14. The van der Waals surface area contributed by atoms with E-state index in [1.807, 2.05) is 6.08 Å². The van der Waals surface area contributed by atoms with Gasteiger partial charge in [0.2, 0.25) is 0 Å². The molecule has 1 rings (SSSR count). The lowest BCUT2D eigenvalue weighted by molar-refractivity contribution is -0.0782. The van der Waals surface area contributed by atoms with Crippen LogP contribution < -0.4 is 0 Å². The fourth-order valence-electron chi connectivity index (χ4n) is 2.90. The Morgan fingerprint density at radius 3 is 2.33 bits per heavy atom. The molecule has 0 unspecified atom stereocenters. The highest BCUT2D eigenvalue weighted by Crippen LogP contribution is 2.17. The summed E-state index contributed by atoms with van der Waals surface area (Å²) in [5.74, 6) is 0. The maximum absolute atomic E-state index is 9.87. The lowest BCUT2D eigenvalue weighted by Crippen LogP contribution is -2.40. The van der Waals surface area contributed by atoms with E-state index in [1.165, 1.54) is 51.4 Å². The largest absolute Gasteiger partial charge is 0.388 e. The van der Waals surface area contributed by atoms with Gasteiger partial charge in [-0.3, -0.25) is 0 Å². The van der Waals surface area contributed by atoms with Crippen molar-refractivity contribution in [2.75, 3.05) is 19.8 Å². The predicted molar refractivity (Wildman–Crippen MR) is 94.9 cm³/mol. The van der Waals surface area contributed by atoms with Gasteiger partial charge in [-0.2, -0.15) is 0 Å². The van der Waals surface area contributed by atoms with Crippen LogP contribution in [0.2, 0.25) is 0 Å². The summed E-state index contributed by atoms with van der Waals surface area (Å²) >= 11 is 0. The van der Waals surface area contributed by atoms with Gasteiger partial charge < -0.3 is 24.8 Å². The summed E-state index contributed by atoms with van der Waals surface area (Å²) in [4.78, 5) is 0. The fraction of sp³-hybridized carbons (Fsp3) is 0.895. The lowest BCUT2D eigenvalue weighted by Gasteiger charge is -2.20. The molecule has 24 heavy (non-hydrogen) atoms. The van der Waals surface area contributed by atoms with Gasteiger partial charge in [0.1, 0.15) is 24.4 Å². The van der Waals surface area contributed by atoms with Gasteiger partial charge in [-0.25, -0.2) is 0 Å². The first kappa shape index (κ1) is 21.6. The van der Waals surface area contributed by atoms with E-state index in [0.717, 1.165) is 6.42 Å². The van der Waals surface area contributed by atoms with Crippen LogP contribution in [0.25, 0.3) is 0 Å². The zero-order valence-electron chi connectivity index (χ0n) is 15.1. The molecule has 0 aromatic rings. The summed E-state index contributed by atoms with van der Waals surface area (Å²) in [6, 6.07) is 0. The second-order valence-corrected chi connectivity index (χ2v) is 6.70. The molecule has 0 aromatic carbocycles. The molecule has 0 saturated carbocycles. The van der Waals surface area contributed by atoms with Crippen LogP contribution >= 0.6 is 0 Å². The zero-order valence-corrected chi connectivity index (χ0v) is 15.1. The molecule has 0 bridgehead atoms. The molecule has 1 aliphatic heterocycles. The van der Waals surface area contributed by atoms with Crippen molar-refractivity contribution in [3.05, 3.63) is 12.2 Å². The molecule has 3 N–H and O–H groups in total. The van der Waals surface area contributed by atoms with Crippen molar-refractivity contribution in [1.29, 1.82) is 0 Å². The number of aliphatic hydroxyl groups is 3. The number of rotatable bonds is 14. The predicted octanol–water partition coefficient (Wildman–Crippen LogP) is 2.57. The molecule has 142 valence electrons. The van der Waals surface area contributed by atoms with Crippen molar-refractivity contribution < 1.29 is 24.8 Å². The van der Waals surface area contributed by atoms with Gasteiger partial charge in [-0.05, 0) is 12.8 Å². The van der Waals surface area contributed by atoms with Gasteiger partial charge >= 0.3 is 0 Å². The molecule has 0 radical (unpaired) electrons. The van der Waals surface area contributed by atoms with Crippen molar-refractivity contribution in [2.45, 2.75) is 89.1 Å². The molecule has 1 saturated heterocycles. The Morgan fingerprint density at radius 1 is 1.04 bits per heavy atom. The van der Waals surface area contributed by atoms with Crippen molar-refractivity contribution in [3.63, 3.8) is 0 Å². The Labute approximate surface area is 146 Å². The van der Waals surface area contributed by atoms with Gasteiger partial charge in [0.25, 0.3) is 0 Å². The third-order valence-electron chi connectivity index (χ3n) is 4.46. The van der Waals surface area contributed by atoms with E-state index in [2.05, 4.69) is 13.0 Å². The molecule has 5 nitrogen and oxygen atoms in total. The molecular formula is C19H36O5. The van der Waals surface area contributed by atoms with Crippen molar-refractivity contribution in [1.82, 2.24) is 0 Å². The maximum Gasteiger partial charge on any atom is 0.114 e. The SMILES string of the molecule is CCCCCCCCCC/C=C/COC[C@H](O)[C@@H]1OC[C@@H](O)[C@@H]1O. The monoisotopic (exact) mass is 344 g/mol. The molecule has 1 aliphatic rings. The number of hydrogen-bond acceptors (Lipinski definition) is 5. The van der Waals surface area contributed by atoms with Gasteiger partial charge in [0.15, 0.2) is 0 Å². The second kappa shape index (κ2) is 13.8. The Bertz CT molecular complexity index is 321. The minimum Gasteiger partial charge on any atom is -0.388 e. The Balaban J connectivity index is 1.89. The topological polar surface area (TPSA) is 79.2 Å². The van der Waals surface area contributed by atoms with E-state index in [4.69, 9.17) is 9.47 Å². The van der Waals surface area contributed by atoms with Gasteiger partial charge in [-0.1, -0.05) is 64.0 Å². The highest BCUT2D eigenvalue weighted by molar-refractivity contribution is 4.88.